The predicted molar refractivity (Wildman–Crippen MR) is 56.7 cm³/mol. The molecule has 3 nitrogen and oxygen atoms in total. The lowest BCUT2D eigenvalue weighted by molar-refractivity contribution is -0.105. The van der Waals surface area contributed by atoms with Gasteiger partial charge in [0.25, 0.3) is 0 Å². The van der Waals surface area contributed by atoms with Crippen LogP contribution in [0, 0.1) is 6.92 Å². The normalized spacial score (nSPS) is 9.57. The van der Waals surface area contributed by atoms with E-state index in [4.69, 9.17) is 4.74 Å². The summed E-state index contributed by atoms with van der Waals surface area (Å²) in [5, 5.41) is 2.62. The molecule has 0 bridgehead atoms. The van der Waals surface area contributed by atoms with Crippen LogP contribution in [0.15, 0.2) is 18.2 Å². The van der Waals surface area contributed by atoms with Crippen LogP contribution in [0.4, 0.5) is 5.69 Å². The molecule has 0 heterocycles. The molecule has 1 amide bonds. The maximum Gasteiger partial charge on any atom is 0.211 e. The molecule has 1 rings (SSSR count). The molecule has 14 heavy (non-hydrogen) atoms. The van der Waals surface area contributed by atoms with E-state index in [9.17, 15) is 4.79 Å². The van der Waals surface area contributed by atoms with Crippen molar-refractivity contribution in [3.8, 4) is 5.75 Å². The van der Waals surface area contributed by atoms with Crippen molar-refractivity contribution in [3.05, 3.63) is 23.8 Å². The highest BCUT2D eigenvalue weighted by atomic mass is 16.5. The second-order valence-corrected chi connectivity index (χ2v) is 3.06. The number of hydrogen-bond acceptors (Lipinski definition) is 2. The van der Waals surface area contributed by atoms with Gasteiger partial charge in [0, 0.05) is 0 Å². The maximum atomic E-state index is 10.3. The topological polar surface area (TPSA) is 38.3 Å². The Kier molecular flexibility index (Phi) is 3.98. The number of anilines is 1. The number of carbonyl (C=O) groups excluding carboxylic acids is 1. The average molecular weight is 193 g/mol. The van der Waals surface area contributed by atoms with Gasteiger partial charge in [0.1, 0.15) is 5.75 Å². The summed E-state index contributed by atoms with van der Waals surface area (Å²) in [7, 11) is 0. The largest absolute Gasteiger partial charge is 0.491 e. The van der Waals surface area contributed by atoms with E-state index in [1.807, 2.05) is 32.0 Å². The number of benzene rings is 1. The Bertz CT molecular complexity index is 310. The molecule has 0 unspecified atom stereocenters. The summed E-state index contributed by atoms with van der Waals surface area (Å²) in [6, 6.07) is 5.67. The van der Waals surface area contributed by atoms with Gasteiger partial charge in [-0.2, -0.15) is 0 Å². The molecule has 0 radical (unpaired) electrons. The molecule has 0 spiro atoms. The number of ether oxygens (including phenoxy) is 1. The van der Waals surface area contributed by atoms with Crippen molar-refractivity contribution >= 4 is 12.1 Å². The Morgan fingerprint density at radius 2 is 2.29 bits per heavy atom. The first-order chi connectivity index (χ1) is 6.79. The molecule has 0 saturated heterocycles. The van der Waals surface area contributed by atoms with Gasteiger partial charge >= 0.3 is 0 Å². The van der Waals surface area contributed by atoms with Crippen LogP contribution in [0.2, 0.25) is 0 Å². The van der Waals surface area contributed by atoms with Crippen molar-refractivity contribution < 1.29 is 9.53 Å². The number of nitrogens with one attached hydrogen (secondary N) is 1. The summed E-state index contributed by atoms with van der Waals surface area (Å²) < 4.78 is 5.55. The molecular weight excluding hydrogens is 178 g/mol. The second-order valence-electron chi connectivity index (χ2n) is 3.06. The smallest absolute Gasteiger partial charge is 0.211 e. The fraction of sp³-hybridized carbons (Fsp3) is 0.364. The molecule has 0 aromatic heterocycles. The maximum absolute atomic E-state index is 10.3. The highest BCUT2D eigenvalue weighted by Gasteiger charge is 2.05. The Labute approximate surface area is 84.1 Å². The molecule has 3 heteroatoms. The summed E-state index contributed by atoms with van der Waals surface area (Å²) in [5.41, 5.74) is 1.76. The second kappa shape index (κ2) is 5.27. The Hall–Kier alpha value is -1.51. The Morgan fingerprint density at radius 3 is 2.93 bits per heavy atom. The van der Waals surface area contributed by atoms with E-state index in [2.05, 4.69) is 5.32 Å². The zero-order chi connectivity index (χ0) is 10.4. The predicted octanol–water partition coefficient (Wildman–Crippen LogP) is 2.35. The minimum atomic E-state index is 0.660. The first-order valence-corrected chi connectivity index (χ1v) is 4.72. The van der Waals surface area contributed by atoms with E-state index < -0.39 is 0 Å². The lowest BCUT2D eigenvalue weighted by Crippen LogP contribution is -2.02. The van der Waals surface area contributed by atoms with Gasteiger partial charge in [-0.15, -0.1) is 0 Å². The summed E-state index contributed by atoms with van der Waals surface area (Å²) >= 11 is 0. The zero-order valence-corrected chi connectivity index (χ0v) is 8.54. The van der Waals surface area contributed by atoms with E-state index in [1.54, 1.807) is 0 Å². The van der Waals surface area contributed by atoms with Gasteiger partial charge in [-0.1, -0.05) is 19.1 Å². The SMILES string of the molecule is CCCOc1c(C)cccc1NC=O. The molecule has 0 aliphatic carbocycles. The van der Waals surface area contributed by atoms with Crippen LogP contribution >= 0.6 is 0 Å². The van der Waals surface area contributed by atoms with Gasteiger partial charge in [0.05, 0.1) is 12.3 Å². The average Bonchev–Trinajstić information content (AvgIpc) is 2.18. The quantitative estimate of drug-likeness (QED) is 0.729. The van der Waals surface area contributed by atoms with Crippen molar-refractivity contribution in [2.45, 2.75) is 20.3 Å². The van der Waals surface area contributed by atoms with Crippen LogP contribution in [0.1, 0.15) is 18.9 Å². The minimum absolute atomic E-state index is 0.660. The molecule has 1 N–H and O–H groups in total. The van der Waals surface area contributed by atoms with Gasteiger partial charge in [0.2, 0.25) is 6.41 Å². The van der Waals surface area contributed by atoms with E-state index in [0.717, 1.165) is 23.4 Å². The van der Waals surface area contributed by atoms with E-state index >= 15 is 0 Å². The lowest BCUT2D eigenvalue weighted by Gasteiger charge is -2.12. The van der Waals surface area contributed by atoms with Gasteiger partial charge in [-0.3, -0.25) is 4.79 Å². The molecular formula is C11H15NO2. The van der Waals surface area contributed by atoms with Crippen LogP contribution in [-0.4, -0.2) is 13.0 Å². The van der Waals surface area contributed by atoms with Crippen molar-refractivity contribution in [2.75, 3.05) is 11.9 Å². The number of rotatable bonds is 5. The van der Waals surface area contributed by atoms with Crippen molar-refractivity contribution in [2.24, 2.45) is 0 Å². The number of aryl methyl sites for hydroxylation is 1. The molecule has 0 saturated carbocycles. The van der Waals surface area contributed by atoms with Gasteiger partial charge in [0.15, 0.2) is 0 Å². The summed E-state index contributed by atoms with van der Waals surface area (Å²) in [6.07, 6.45) is 1.61. The molecule has 1 aromatic carbocycles. The number of hydrogen-bond donors (Lipinski definition) is 1. The third-order valence-corrected chi connectivity index (χ3v) is 1.88. The van der Waals surface area contributed by atoms with E-state index in [1.165, 1.54) is 0 Å². The highest BCUT2D eigenvalue weighted by molar-refractivity contribution is 5.76. The first kappa shape index (κ1) is 10.6. The third-order valence-electron chi connectivity index (χ3n) is 1.88. The molecule has 0 atom stereocenters. The van der Waals surface area contributed by atoms with Crippen molar-refractivity contribution in [1.82, 2.24) is 0 Å². The lowest BCUT2D eigenvalue weighted by atomic mass is 10.2. The number of carbonyl (C=O) groups is 1. The molecule has 0 aliphatic rings. The molecule has 0 aliphatic heterocycles. The fourth-order valence-electron chi connectivity index (χ4n) is 1.23. The van der Waals surface area contributed by atoms with Crippen LogP contribution in [-0.2, 0) is 4.79 Å². The number of amides is 1. The third kappa shape index (κ3) is 2.49. The van der Waals surface area contributed by atoms with Crippen molar-refractivity contribution in [1.29, 1.82) is 0 Å². The van der Waals surface area contributed by atoms with Crippen molar-refractivity contribution in [3.63, 3.8) is 0 Å². The highest BCUT2D eigenvalue weighted by Crippen LogP contribution is 2.27. The standard InChI is InChI=1S/C11H15NO2/c1-3-7-14-11-9(2)5-4-6-10(11)12-8-13/h4-6,8H,3,7H2,1-2H3,(H,12,13). The van der Waals surface area contributed by atoms with E-state index in [-0.39, 0.29) is 0 Å². The summed E-state index contributed by atoms with van der Waals surface area (Å²) in [6.45, 7) is 4.67. The van der Waals surface area contributed by atoms with Crippen LogP contribution in [0.25, 0.3) is 0 Å². The van der Waals surface area contributed by atoms with Gasteiger partial charge in [-0.05, 0) is 25.0 Å². The van der Waals surface area contributed by atoms with E-state index in [0.29, 0.717) is 13.0 Å². The van der Waals surface area contributed by atoms with Gasteiger partial charge < -0.3 is 10.1 Å². The van der Waals surface area contributed by atoms with Crippen LogP contribution in [0.5, 0.6) is 5.75 Å². The Balaban J connectivity index is 2.89. The fourth-order valence-corrected chi connectivity index (χ4v) is 1.23. The molecule has 76 valence electrons. The van der Waals surface area contributed by atoms with Crippen LogP contribution in [0.3, 0.4) is 0 Å². The molecule has 0 fully saturated rings. The minimum Gasteiger partial charge on any atom is -0.491 e. The zero-order valence-electron chi connectivity index (χ0n) is 8.54. The first-order valence-electron chi connectivity index (χ1n) is 4.72. The molecule has 1 aromatic rings. The summed E-state index contributed by atoms with van der Waals surface area (Å²) in [5.74, 6) is 0.765. The summed E-state index contributed by atoms with van der Waals surface area (Å²) in [4.78, 5) is 10.3. The van der Waals surface area contributed by atoms with Crippen LogP contribution < -0.4 is 10.1 Å². The number of para-hydroxylation sites is 1. The van der Waals surface area contributed by atoms with Gasteiger partial charge in [-0.25, -0.2) is 0 Å². The Morgan fingerprint density at radius 1 is 1.50 bits per heavy atom. The monoisotopic (exact) mass is 193 g/mol.